The average molecular weight is 299 g/mol. The van der Waals surface area contributed by atoms with Gasteiger partial charge in [0.05, 0.1) is 6.61 Å². The molecule has 5 nitrogen and oxygen atoms in total. The van der Waals surface area contributed by atoms with Crippen LogP contribution in [0.4, 0.5) is 0 Å². The SMILES string of the molecule is COCCCOCCOC(=O)C1NCCc2sccc21. The number of methoxy groups -OCH3 is 1. The van der Waals surface area contributed by atoms with Gasteiger partial charge in [-0.15, -0.1) is 11.3 Å². The number of ether oxygens (including phenoxy) is 3. The van der Waals surface area contributed by atoms with Crippen LogP contribution in [-0.4, -0.2) is 46.1 Å². The normalized spacial score (nSPS) is 17.8. The number of rotatable bonds is 8. The van der Waals surface area contributed by atoms with Crippen molar-refractivity contribution in [2.45, 2.75) is 18.9 Å². The molecule has 1 aromatic heterocycles. The van der Waals surface area contributed by atoms with Crippen molar-refractivity contribution in [3.63, 3.8) is 0 Å². The number of esters is 1. The number of nitrogens with one attached hydrogen (secondary N) is 1. The third-order valence-corrected chi connectivity index (χ3v) is 4.13. The van der Waals surface area contributed by atoms with Crippen molar-refractivity contribution < 1.29 is 19.0 Å². The third kappa shape index (κ3) is 4.28. The number of carbonyl (C=O) groups excluding carboxylic acids is 1. The van der Waals surface area contributed by atoms with Crippen LogP contribution < -0.4 is 5.32 Å². The monoisotopic (exact) mass is 299 g/mol. The van der Waals surface area contributed by atoms with Crippen LogP contribution in [-0.2, 0) is 25.4 Å². The molecule has 2 heterocycles. The van der Waals surface area contributed by atoms with Gasteiger partial charge in [-0.05, 0) is 29.9 Å². The molecule has 1 unspecified atom stereocenters. The second-order valence-corrected chi connectivity index (χ2v) is 5.56. The average Bonchev–Trinajstić information content (AvgIpc) is 2.94. The van der Waals surface area contributed by atoms with E-state index in [2.05, 4.69) is 5.32 Å². The van der Waals surface area contributed by atoms with Gasteiger partial charge in [-0.2, -0.15) is 0 Å². The van der Waals surface area contributed by atoms with Crippen LogP contribution in [0.25, 0.3) is 0 Å². The molecule has 0 amide bonds. The first-order chi connectivity index (χ1) is 9.83. The molecule has 0 aromatic carbocycles. The summed E-state index contributed by atoms with van der Waals surface area (Å²) < 4.78 is 15.5. The molecule has 0 aliphatic carbocycles. The molecule has 112 valence electrons. The van der Waals surface area contributed by atoms with Crippen LogP contribution in [0.15, 0.2) is 11.4 Å². The predicted octanol–water partition coefficient (Wildman–Crippen LogP) is 1.53. The lowest BCUT2D eigenvalue weighted by molar-refractivity contribution is -0.148. The Kier molecular flexibility index (Phi) is 6.46. The maximum absolute atomic E-state index is 12.0. The van der Waals surface area contributed by atoms with Gasteiger partial charge in [0.1, 0.15) is 12.6 Å². The highest BCUT2D eigenvalue weighted by Gasteiger charge is 2.27. The largest absolute Gasteiger partial charge is 0.462 e. The fraction of sp³-hybridized carbons (Fsp3) is 0.643. The minimum atomic E-state index is -0.321. The zero-order valence-electron chi connectivity index (χ0n) is 11.7. The zero-order chi connectivity index (χ0) is 14.2. The molecule has 0 saturated heterocycles. The maximum Gasteiger partial charge on any atom is 0.327 e. The number of thiophene rings is 1. The molecule has 0 radical (unpaired) electrons. The van der Waals surface area contributed by atoms with Crippen LogP contribution in [0, 0.1) is 0 Å². The molecule has 2 rings (SSSR count). The Morgan fingerprint density at radius 1 is 1.40 bits per heavy atom. The van der Waals surface area contributed by atoms with E-state index in [1.54, 1.807) is 18.4 Å². The number of hydrogen-bond donors (Lipinski definition) is 1. The minimum absolute atomic E-state index is 0.218. The first-order valence-corrected chi connectivity index (χ1v) is 7.74. The van der Waals surface area contributed by atoms with E-state index in [-0.39, 0.29) is 12.0 Å². The zero-order valence-corrected chi connectivity index (χ0v) is 12.5. The van der Waals surface area contributed by atoms with Gasteiger partial charge in [-0.1, -0.05) is 0 Å². The predicted molar refractivity (Wildman–Crippen MR) is 77.0 cm³/mol. The van der Waals surface area contributed by atoms with E-state index in [4.69, 9.17) is 14.2 Å². The van der Waals surface area contributed by atoms with Crippen LogP contribution in [0.1, 0.15) is 22.9 Å². The van der Waals surface area contributed by atoms with Crippen LogP contribution in [0.3, 0.4) is 0 Å². The van der Waals surface area contributed by atoms with Gasteiger partial charge < -0.3 is 19.5 Å². The molecule has 1 atom stereocenters. The van der Waals surface area contributed by atoms with Gasteiger partial charge in [0.25, 0.3) is 0 Å². The Hall–Kier alpha value is -0.950. The smallest absolute Gasteiger partial charge is 0.327 e. The maximum atomic E-state index is 12.0. The van der Waals surface area contributed by atoms with Gasteiger partial charge in [-0.25, -0.2) is 4.79 Å². The molecule has 20 heavy (non-hydrogen) atoms. The minimum Gasteiger partial charge on any atom is -0.462 e. The standard InChI is InChI=1S/C14H21NO4S/c1-17-6-2-7-18-8-9-19-14(16)13-11-4-10-20-12(11)3-5-15-13/h4,10,13,15H,2-3,5-9H2,1H3. The molecule has 1 aromatic rings. The van der Waals surface area contributed by atoms with E-state index in [1.165, 1.54) is 4.88 Å². The van der Waals surface area contributed by atoms with Crippen molar-refractivity contribution in [3.8, 4) is 0 Å². The summed E-state index contributed by atoms with van der Waals surface area (Å²) in [6.07, 6.45) is 1.84. The summed E-state index contributed by atoms with van der Waals surface area (Å²) >= 11 is 1.70. The highest BCUT2D eigenvalue weighted by Crippen LogP contribution is 2.28. The lowest BCUT2D eigenvalue weighted by Gasteiger charge is -2.22. The summed E-state index contributed by atoms with van der Waals surface area (Å²) in [5.74, 6) is -0.218. The number of fused-ring (bicyclic) bond motifs is 1. The summed E-state index contributed by atoms with van der Waals surface area (Å²) in [5.41, 5.74) is 1.06. The lowest BCUT2D eigenvalue weighted by atomic mass is 10.0. The topological polar surface area (TPSA) is 56.8 Å². The van der Waals surface area contributed by atoms with Gasteiger partial charge in [0, 0.05) is 31.7 Å². The van der Waals surface area contributed by atoms with E-state index in [0.29, 0.717) is 26.4 Å². The highest BCUT2D eigenvalue weighted by atomic mass is 32.1. The quantitative estimate of drug-likeness (QED) is 0.583. The molecular formula is C14H21NO4S. The Bertz CT molecular complexity index is 421. The summed E-state index contributed by atoms with van der Waals surface area (Å²) in [6.45, 7) is 2.86. The molecule has 0 bridgehead atoms. The van der Waals surface area contributed by atoms with Crippen molar-refractivity contribution in [1.29, 1.82) is 0 Å². The van der Waals surface area contributed by atoms with Gasteiger partial charge in [0.2, 0.25) is 0 Å². The van der Waals surface area contributed by atoms with E-state index >= 15 is 0 Å². The van der Waals surface area contributed by atoms with Gasteiger partial charge in [0.15, 0.2) is 0 Å². The van der Waals surface area contributed by atoms with Crippen LogP contribution in [0.5, 0.6) is 0 Å². The lowest BCUT2D eigenvalue weighted by Crippen LogP contribution is -2.35. The number of hydrogen-bond acceptors (Lipinski definition) is 6. The van der Waals surface area contributed by atoms with Crippen molar-refractivity contribution in [2.24, 2.45) is 0 Å². The molecule has 1 N–H and O–H groups in total. The Morgan fingerprint density at radius 3 is 3.15 bits per heavy atom. The van der Waals surface area contributed by atoms with Crippen molar-refractivity contribution >= 4 is 17.3 Å². The Morgan fingerprint density at radius 2 is 2.30 bits per heavy atom. The molecular weight excluding hydrogens is 278 g/mol. The molecule has 0 spiro atoms. The Labute approximate surface area is 123 Å². The second kappa shape index (κ2) is 8.36. The summed E-state index contributed by atoms with van der Waals surface area (Å²) in [7, 11) is 1.66. The molecule has 0 saturated carbocycles. The van der Waals surface area contributed by atoms with E-state index in [1.807, 2.05) is 11.4 Å². The van der Waals surface area contributed by atoms with E-state index in [9.17, 15) is 4.79 Å². The molecule has 0 fully saturated rings. The second-order valence-electron chi connectivity index (χ2n) is 4.56. The van der Waals surface area contributed by atoms with E-state index < -0.39 is 0 Å². The van der Waals surface area contributed by atoms with Crippen molar-refractivity contribution in [3.05, 3.63) is 21.9 Å². The fourth-order valence-corrected chi connectivity index (χ4v) is 3.07. The van der Waals surface area contributed by atoms with Crippen molar-refractivity contribution in [1.82, 2.24) is 5.32 Å². The fourth-order valence-electron chi connectivity index (χ4n) is 2.15. The summed E-state index contributed by atoms with van der Waals surface area (Å²) in [4.78, 5) is 13.3. The molecule has 1 aliphatic heterocycles. The first kappa shape index (κ1) is 15.4. The van der Waals surface area contributed by atoms with Gasteiger partial charge in [-0.3, -0.25) is 0 Å². The molecule has 1 aliphatic rings. The first-order valence-electron chi connectivity index (χ1n) is 6.86. The van der Waals surface area contributed by atoms with Crippen molar-refractivity contribution in [2.75, 3.05) is 40.1 Å². The Balaban J connectivity index is 1.66. The number of carbonyl (C=O) groups is 1. The highest BCUT2D eigenvalue weighted by molar-refractivity contribution is 7.10. The summed E-state index contributed by atoms with van der Waals surface area (Å²) in [6, 6.07) is 1.68. The van der Waals surface area contributed by atoms with E-state index in [0.717, 1.165) is 24.9 Å². The van der Waals surface area contributed by atoms with Crippen LogP contribution in [0.2, 0.25) is 0 Å². The summed E-state index contributed by atoms with van der Waals surface area (Å²) in [5, 5.41) is 5.23. The third-order valence-electron chi connectivity index (χ3n) is 3.14. The van der Waals surface area contributed by atoms with Gasteiger partial charge >= 0.3 is 5.97 Å². The van der Waals surface area contributed by atoms with Crippen LogP contribution >= 0.6 is 11.3 Å². The molecule has 6 heteroatoms.